The number of anilines is 2. The fraction of sp³-hybridized carbons (Fsp3) is 0.538. The number of hydrogen-bond acceptors (Lipinski definition) is 7. The fourth-order valence-electron chi connectivity index (χ4n) is 2.07. The van der Waals surface area contributed by atoms with Gasteiger partial charge in [0.25, 0.3) is 0 Å². The number of fused-ring (bicyclic) bond motifs is 1. The average Bonchev–Trinajstić information content (AvgIpc) is 2.83. The summed E-state index contributed by atoms with van der Waals surface area (Å²) >= 11 is 1.65. The maximum Gasteiger partial charge on any atom is 0.240 e. The quantitative estimate of drug-likeness (QED) is 0.463. The highest BCUT2D eigenvalue weighted by Gasteiger charge is 2.15. The molecule has 0 atom stereocenters. The molecule has 0 radical (unpaired) electrons. The van der Waals surface area contributed by atoms with Crippen molar-refractivity contribution in [3.05, 3.63) is 10.9 Å². The van der Waals surface area contributed by atoms with E-state index >= 15 is 0 Å². The molecule has 0 aliphatic rings. The number of hydrogen-bond donors (Lipinski definition) is 2. The van der Waals surface area contributed by atoms with Crippen LogP contribution >= 0.6 is 11.3 Å². The van der Waals surface area contributed by atoms with Crippen LogP contribution in [0, 0.1) is 6.92 Å². The van der Waals surface area contributed by atoms with Gasteiger partial charge < -0.3 is 9.64 Å². The number of nitrogen functional groups attached to an aromatic ring is 1. The molecular weight excluding hydrogens is 274 g/mol. The van der Waals surface area contributed by atoms with Crippen molar-refractivity contribution in [1.29, 1.82) is 0 Å². The molecule has 6 nitrogen and oxygen atoms in total. The Balaban J connectivity index is 2.38. The van der Waals surface area contributed by atoms with E-state index in [2.05, 4.69) is 40.2 Å². The lowest BCUT2D eigenvalue weighted by Gasteiger charge is -2.22. The Morgan fingerprint density at radius 3 is 2.85 bits per heavy atom. The summed E-state index contributed by atoms with van der Waals surface area (Å²) in [7, 11) is 0. The number of ether oxygens (including phenoxy) is 1. The lowest BCUT2D eigenvalue weighted by Crippen LogP contribution is -2.28. The third-order valence-corrected chi connectivity index (χ3v) is 3.96. The highest BCUT2D eigenvalue weighted by atomic mass is 32.1. The molecule has 0 bridgehead atoms. The first-order valence-corrected chi connectivity index (χ1v) is 7.58. The van der Waals surface area contributed by atoms with Crippen LogP contribution < -0.4 is 16.2 Å². The summed E-state index contributed by atoms with van der Waals surface area (Å²) < 4.78 is 5.44. The second-order valence-corrected chi connectivity index (χ2v) is 5.60. The zero-order chi connectivity index (χ0) is 14.5. The normalized spacial score (nSPS) is 11.0. The molecule has 0 saturated heterocycles. The Morgan fingerprint density at radius 1 is 1.40 bits per heavy atom. The van der Waals surface area contributed by atoms with Gasteiger partial charge in [-0.3, -0.25) is 5.43 Å². The zero-order valence-electron chi connectivity index (χ0n) is 12.1. The molecule has 3 N–H and O–H groups in total. The molecule has 0 aliphatic carbocycles. The Morgan fingerprint density at radius 2 is 2.20 bits per heavy atom. The summed E-state index contributed by atoms with van der Waals surface area (Å²) in [6.07, 6.45) is 0. The van der Waals surface area contributed by atoms with Crippen LogP contribution in [-0.4, -0.2) is 36.3 Å². The number of hydrazine groups is 1. The van der Waals surface area contributed by atoms with E-state index in [1.807, 2.05) is 6.92 Å². The van der Waals surface area contributed by atoms with Crippen LogP contribution in [0.4, 0.5) is 11.8 Å². The Labute approximate surface area is 122 Å². The van der Waals surface area contributed by atoms with Crippen LogP contribution in [0.1, 0.15) is 18.7 Å². The molecular formula is C13H21N5OS. The first-order chi connectivity index (χ1) is 9.69. The molecule has 0 unspecified atom stereocenters. The Bertz CT molecular complexity index is 571. The van der Waals surface area contributed by atoms with Gasteiger partial charge in [0.1, 0.15) is 10.6 Å². The summed E-state index contributed by atoms with van der Waals surface area (Å²) in [6, 6.07) is 2.12. The summed E-state index contributed by atoms with van der Waals surface area (Å²) in [5.41, 5.74) is 2.54. The van der Waals surface area contributed by atoms with E-state index in [0.29, 0.717) is 12.6 Å². The smallest absolute Gasteiger partial charge is 0.240 e. The monoisotopic (exact) mass is 295 g/mol. The fourth-order valence-corrected chi connectivity index (χ4v) is 2.94. The highest BCUT2D eigenvalue weighted by Crippen LogP contribution is 2.31. The molecule has 0 aromatic carbocycles. The molecule has 0 spiro atoms. The second kappa shape index (κ2) is 6.83. The van der Waals surface area contributed by atoms with Gasteiger partial charge in [-0.2, -0.15) is 4.98 Å². The van der Waals surface area contributed by atoms with Gasteiger partial charge in [-0.1, -0.05) is 0 Å². The molecule has 0 saturated carbocycles. The van der Waals surface area contributed by atoms with Crippen LogP contribution in [-0.2, 0) is 4.74 Å². The topological polar surface area (TPSA) is 76.3 Å². The Hall–Kier alpha value is -1.44. The maximum atomic E-state index is 5.47. The minimum Gasteiger partial charge on any atom is -0.380 e. The maximum absolute atomic E-state index is 5.47. The molecule has 2 rings (SSSR count). The minimum atomic E-state index is 0.448. The molecule has 0 aliphatic heterocycles. The predicted molar refractivity (Wildman–Crippen MR) is 84.3 cm³/mol. The van der Waals surface area contributed by atoms with Crippen LogP contribution in [0.5, 0.6) is 0 Å². The van der Waals surface area contributed by atoms with Crippen molar-refractivity contribution in [2.45, 2.75) is 20.8 Å². The molecule has 0 fully saturated rings. The first-order valence-electron chi connectivity index (χ1n) is 6.77. The number of nitrogens with one attached hydrogen (secondary N) is 1. The molecule has 0 amide bonds. The number of rotatable bonds is 7. The molecule has 7 heteroatoms. The van der Waals surface area contributed by atoms with Gasteiger partial charge in [0.05, 0.1) is 12.0 Å². The number of likely N-dealkylation sites (N-methyl/N-ethyl adjacent to an activating group) is 1. The number of aryl methyl sites for hydroxylation is 1. The largest absolute Gasteiger partial charge is 0.380 e. The third kappa shape index (κ3) is 3.17. The van der Waals surface area contributed by atoms with Gasteiger partial charge in [0.2, 0.25) is 5.95 Å². The lowest BCUT2D eigenvalue weighted by molar-refractivity contribution is 0.154. The van der Waals surface area contributed by atoms with Crippen molar-refractivity contribution < 1.29 is 4.74 Å². The van der Waals surface area contributed by atoms with Crippen molar-refractivity contribution in [3.63, 3.8) is 0 Å². The Kier molecular flexibility index (Phi) is 5.11. The van der Waals surface area contributed by atoms with Gasteiger partial charge in [-0.25, -0.2) is 10.8 Å². The van der Waals surface area contributed by atoms with Crippen LogP contribution in [0.3, 0.4) is 0 Å². The van der Waals surface area contributed by atoms with Gasteiger partial charge >= 0.3 is 0 Å². The minimum absolute atomic E-state index is 0.448. The van der Waals surface area contributed by atoms with E-state index in [0.717, 1.165) is 35.7 Å². The zero-order valence-corrected chi connectivity index (χ0v) is 13.0. The van der Waals surface area contributed by atoms with Crippen LogP contribution in [0.15, 0.2) is 6.07 Å². The van der Waals surface area contributed by atoms with Gasteiger partial charge in [0, 0.05) is 24.6 Å². The first kappa shape index (κ1) is 15.0. The second-order valence-electron chi connectivity index (χ2n) is 4.37. The number of aromatic nitrogens is 2. The lowest BCUT2D eigenvalue weighted by atomic mass is 10.3. The third-order valence-electron chi connectivity index (χ3n) is 3.02. The molecule has 110 valence electrons. The van der Waals surface area contributed by atoms with E-state index in [1.165, 1.54) is 4.88 Å². The van der Waals surface area contributed by atoms with E-state index in [1.54, 1.807) is 11.3 Å². The molecule has 2 aromatic rings. The predicted octanol–water partition coefficient (Wildman–Crippen LogP) is 2.15. The van der Waals surface area contributed by atoms with Crippen LogP contribution in [0.2, 0.25) is 0 Å². The number of nitrogens with two attached hydrogens (primary N) is 1. The van der Waals surface area contributed by atoms with Gasteiger partial charge in [0.15, 0.2) is 0 Å². The standard InChI is InChI=1S/C13H21N5OS/c1-4-18(6-7-19-5-2)11-10-8-9(3)20-12(10)16-13(15-11)17-14/h8H,4-7,14H2,1-3H3,(H,15,16,17). The van der Waals surface area contributed by atoms with Crippen molar-refractivity contribution in [3.8, 4) is 0 Å². The van der Waals surface area contributed by atoms with Crippen LogP contribution in [0.25, 0.3) is 10.2 Å². The summed E-state index contributed by atoms with van der Waals surface area (Å²) in [5, 5.41) is 1.07. The molecule has 2 aromatic heterocycles. The van der Waals surface area contributed by atoms with E-state index < -0.39 is 0 Å². The SMILES string of the molecule is CCOCCN(CC)c1nc(NN)nc2sc(C)cc12. The summed E-state index contributed by atoms with van der Waals surface area (Å²) in [4.78, 5) is 13.3. The van der Waals surface area contributed by atoms with Crippen molar-refractivity contribution in [1.82, 2.24) is 9.97 Å². The van der Waals surface area contributed by atoms with Crippen molar-refractivity contribution in [2.75, 3.05) is 36.6 Å². The average molecular weight is 295 g/mol. The van der Waals surface area contributed by atoms with E-state index in [9.17, 15) is 0 Å². The number of nitrogens with zero attached hydrogens (tertiary/aromatic N) is 3. The molecule has 2 heterocycles. The summed E-state index contributed by atoms with van der Waals surface area (Å²) in [5.74, 6) is 6.83. The summed E-state index contributed by atoms with van der Waals surface area (Å²) in [6.45, 7) is 9.25. The highest BCUT2D eigenvalue weighted by molar-refractivity contribution is 7.18. The van der Waals surface area contributed by atoms with E-state index in [-0.39, 0.29) is 0 Å². The van der Waals surface area contributed by atoms with Crippen molar-refractivity contribution >= 4 is 33.3 Å². The number of thiophene rings is 1. The van der Waals surface area contributed by atoms with Gasteiger partial charge in [-0.15, -0.1) is 11.3 Å². The van der Waals surface area contributed by atoms with E-state index in [4.69, 9.17) is 10.6 Å². The molecule has 20 heavy (non-hydrogen) atoms. The van der Waals surface area contributed by atoms with Gasteiger partial charge in [-0.05, 0) is 26.8 Å². The van der Waals surface area contributed by atoms with Crippen molar-refractivity contribution in [2.24, 2.45) is 5.84 Å².